The van der Waals surface area contributed by atoms with Crippen molar-refractivity contribution in [2.75, 3.05) is 13.7 Å². The van der Waals surface area contributed by atoms with Crippen LogP contribution in [0.5, 0.6) is 0 Å². The number of hydrogen-bond donors (Lipinski definition) is 1. The maximum Gasteiger partial charge on any atom is 0.318 e. The zero-order chi connectivity index (χ0) is 27.4. The minimum absolute atomic E-state index is 0.0759. The van der Waals surface area contributed by atoms with E-state index in [9.17, 15) is 14.4 Å². The molecule has 5 rings (SSSR count). The van der Waals surface area contributed by atoms with Crippen LogP contribution in [0.25, 0.3) is 10.8 Å². The van der Waals surface area contributed by atoms with E-state index in [1.54, 1.807) is 4.90 Å². The van der Waals surface area contributed by atoms with Crippen LogP contribution in [0, 0.1) is 11.3 Å². The molecule has 1 aliphatic heterocycles. The number of likely N-dealkylation sites (tertiary alicyclic amines) is 1. The van der Waals surface area contributed by atoms with Gasteiger partial charge in [-0.25, -0.2) is 0 Å². The van der Waals surface area contributed by atoms with E-state index >= 15 is 0 Å². The van der Waals surface area contributed by atoms with Gasteiger partial charge in [0, 0.05) is 30.2 Å². The third-order valence-corrected chi connectivity index (χ3v) is 8.35. The van der Waals surface area contributed by atoms with Crippen LogP contribution in [-0.4, -0.2) is 36.3 Å². The summed E-state index contributed by atoms with van der Waals surface area (Å²) in [5.41, 5.74) is 1.58. The number of benzene rings is 3. The van der Waals surface area contributed by atoms with Crippen LogP contribution in [0.3, 0.4) is 0 Å². The number of rotatable bonds is 8. The second kappa shape index (κ2) is 11.6. The maximum atomic E-state index is 13.9. The molecule has 2 aliphatic rings. The van der Waals surface area contributed by atoms with E-state index in [2.05, 4.69) is 5.32 Å². The van der Waals surface area contributed by atoms with Gasteiger partial charge in [-0.1, -0.05) is 78.7 Å². The number of nitrogens with zero attached hydrogens (tertiary/aromatic N) is 1. The van der Waals surface area contributed by atoms with E-state index in [-0.39, 0.29) is 18.2 Å². The number of methoxy groups -OCH3 is 1. The number of halogens is 1. The second-order valence-corrected chi connectivity index (χ2v) is 10.8. The molecular weight excluding hydrogens is 512 g/mol. The fourth-order valence-electron chi connectivity index (χ4n) is 6.13. The molecule has 0 unspecified atom stereocenters. The normalized spacial score (nSPS) is 20.8. The van der Waals surface area contributed by atoms with Crippen molar-refractivity contribution in [2.45, 2.75) is 45.1 Å². The molecule has 0 radical (unpaired) electrons. The number of allylic oxidation sites excluding steroid dienone is 1. The lowest BCUT2D eigenvalue weighted by molar-refractivity contribution is -0.155. The number of hydrogen-bond acceptors (Lipinski definition) is 4. The van der Waals surface area contributed by atoms with Crippen LogP contribution in [0.15, 0.2) is 78.5 Å². The maximum absolute atomic E-state index is 13.9. The molecule has 1 heterocycles. The molecule has 2 atom stereocenters. The van der Waals surface area contributed by atoms with E-state index in [1.807, 2.05) is 72.8 Å². The van der Waals surface area contributed by atoms with Crippen molar-refractivity contribution in [2.24, 2.45) is 11.3 Å². The van der Waals surface area contributed by atoms with E-state index in [4.69, 9.17) is 16.3 Å². The Balaban J connectivity index is 1.39. The molecule has 1 aliphatic carbocycles. The van der Waals surface area contributed by atoms with Crippen molar-refractivity contribution in [3.63, 3.8) is 0 Å². The highest BCUT2D eigenvalue weighted by atomic mass is 35.5. The second-order valence-electron chi connectivity index (χ2n) is 10.3. The zero-order valence-corrected chi connectivity index (χ0v) is 22.9. The summed E-state index contributed by atoms with van der Waals surface area (Å²) in [6.45, 7) is 0.758. The number of fused-ring (bicyclic) bond motifs is 2. The molecule has 39 heavy (non-hydrogen) atoms. The summed E-state index contributed by atoms with van der Waals surface area (Å²) < 4.78 is 5.31. The summed E-state index contributed by atoms with van der Waals surface area (Å²) in [4.78, 5) is 42.4. The van der Waals surface area contributed by atoms with Gasteiger partial charge < -0.3 is 15.0 Å². The highest BCUT2D eigenvalue weighted by Crippen LogP contribution is 2.53. The average Bonchev–Trinajstić information content (AvgIpc) is 3.07. The van der Waals surface area contributed by atoms with Gasteiger partial charge in [0.05, 0.1) is 13.0 Å². The Hall–Kier alpha value is -3.64. The van der Waals surface area contributed by atoms with Gasteiger partial charge in [-0.15, -0.1) is 0 Å². The third kappa shape index (κ3) is 5.30. The largest absolute Gasteiger partial charge is 0.468 e. The summed E-state index contributed by atoms with van der Waals surface area (Å²) in [6, 6.07) is 21.6. The first-order valence-corrected chi connectivity index (χ1v) is 13.9. The predicted octanol–water partition coefficient (Wildman–Crippen LogP) is 5.82. The zero-order valence-electron chi connectivity index (χ0n) is 22.1. The lowest BCUT2D eigenvalue weighted by atomic mass is 9.71. The highest BCUT2D eigenvalue weighted by Gasteiger charge is 2.61. The minimum atomic E-state index is -1.15. The fourth-order valence-corrected chi connectivity index (χ4v) is 6.26. The van der Waals surface area contributed by atoms with Crippen LogP contribution < -0.4 is 5.32 Å². The number of ether oxygens (including phenoxy) is 1. The molecule has 3 aromatic rings. The van der Waals surface area contributed by atoms with Crippen molar-refractivity contribution >= 4 is 40.2 Å². The Morgan fingerprint density at radius 1 is 1.05 bits per heavy atom. The summed E-state index contributed by atoms with van der Waals surface area (Å²) >= 11 is 6.04. The Morgan fingerprint density at radius 3 is 2.62 bits per heavy atom. The van der Waals surface area contributed by atoms with E-state index < -0.39 is 17.3 Å². The van der Waals surface area contributed by atoms with E-state index in [0.29, 0.717) is 36.7 Å². The molecule has 1 N–H and O–H groups in total. The van der Waals surface area contributed by atoms with Crippen molar-refractivity contribution < 1.29 is 19.1 Å². The van der Waals surface area contributed by atoms with Crippen LogP contribution in [0.4, 0.5) is 0 Å². The molecular formula is C32H33ClN2O4. The number of nitrogens with one attached hydrogen (secondary N) is 1. The van der Waals surface area contributed by atoms with Gasteiger partial charge in [0.25, 0.3) is 0 Å². The molecule has 3 aromatic carbocycles. The van der Waals surface area contributed by atoms with E-state index in [0.717, 1.165) is 41.2 Å². The SMILES string of the molecule is COC(=O)[C@@]12CCCCC=C1N(CCc1ccc(Cl)cc1)C(=O)[C@H]2CC(=O)NCc1cccc2ccccc12. The first-order valence-electron chi connectivity index (χ1n) is 13.5. The summed E-state index contributed by atoms with van der Waals surface area (Å²) in [6.07, 6.45) is 5.50. The summed E-state index contributed by atoms with van der Waals surface area (Å²) in [5, 5.41) is 5.84. The van der Waals surface area contributed by atoms with Gasteiger partial charge in [-0.3, -0.25) is 14.4 Å². The van der Waals surface area contributed by atoms with Crippen molar-refractivity contribution in [1.29, 1.82) is 0 Å². The highest BCUT2D eigenvalue weighted by molar-refractivity contribution is 6.30. The van der Waals surface area contributed by atoms with Crippen molar-refractivity contribution in [3.8, 4) is 0 Å². The standard InChI is InChI=1S/C32H33ClN2O4/c1-39-31(38)32-18-6-2-3-12-28(32)35(19-17-22-13-15-25(33)16-14-22)30(37)27(32)20-29(36)34-21-24-10-7-9-23-8-4-5-11-26(23)24/h4-5,7-16,27H,2-3,6,17-21H2,1H3,(H,34,36)/t27-,32-/m1/s1. The Morgan fingerprint density at radius 2 is 1.82 bits per heavy atom. The van der Waals surface area contributed by atoms with Gasteiger partial charge in [0.1, 0.15) is 5.41 Å². The molecule has 1 fully saturated rings. The first-order chi connectivity index (χ1) is 18.9. The van der Waals surface area contributed by atoms with Gasteiger partial charge >= 0.3 is 5.97 Å². The Kier molecular flexibility index (Phi) is 8.03. The number of carbonyl (C=O) groups is 3. The number of amides is 2. The smallest absolute Gasteiger partial charge is 0.318 e. The first kappa shape index (κ1) is 26.9. The molecule has 0 bridgehead atoms. The van der Waals surface area contributed by atoms with Gasteiger partial charge in [0.2, 0.25) is 11.8 Å². The summed E-state index contributed by atoms with van der Waals surface area (Å²) in [5.74, 6) is -1.70. The minimum Gasteiger partial charge on any atom is -0.468 e. The Bertz CT molecular complexity index is 1410. The molecule has 0 aromatic heterocycles. The molecule has 1 saturated heterocycles. The van der Waals surface area contributed by atoms with E-state index in [1.165, 1.54) is 7.11 Å². The van der Waals surface area contributed by atoms with Crippen LogP contribution in [0.1, 0.15) is 43.2 Å². The molecule has 7 heteroatoms. The lowest BCUT2D eigenvalue weighted by Crippen LogP contribution is -2.41. The monoisotopic (exact) mass is 544 g/mol. The molecule has 0 spiro atoms. The van der Waals surface area contributed by atoms with Crippen LogP contribution in [-0.2, 0) is 32.1 Å². The average molecular weight is 545 g/mol. The van der Waals surface area contributed by atoms with Gasteiger partial charge in [-0.05, 0) is 59.7 Å². The summed E-state index contributed by atoms with van der Waals surface area (Å²) in [7, 11) is 1.36. The number of esters is 1. The third-order valence-electron chi connectivity index (χ3n) is 8.10. The molecule has 202 valence electrons. The predicted molar refractivity (Wildman–Crippen MR) is 152 cm³/mol. The quantitative estimate of drug-likeness (QED) is 0.363. The van der Waals surface area contributed by atoms with Crippen molar-refractivity contribution in [1.82, 2.24) is 10.2 Å². The topological polar surface area (TPSA) is 75.7 Å². The number of carbonyl (C=O) groups excluding carboxylic acids is 3. The fraction of sp³-hybridized carbons (Fsp3) is 0.344. The van der Waals surface area contributed by atoms with Gasteiger partial charge in [-0.2, -0.15) is 0 Å². The Labute approximate surface area is 234 Å². The van der Waals surface area contributed by atoms with Gasteiger partial charge in [0.15, 0.2) is 0 Å². The van der Waals surface area contributed by atoms with Crippen molar-refractivity contribution in [3.05, 3.63) is 94.7 Å². The molecule has 0 saturated carbocycles. The molecule has 6 nitrogen and oxygen atoms in total. The van der Waals surface area contributed by atoms with Crippen LogP contribution in [0.2, 0.25) is 5.02 Å². The van der Waals surface area contributed by atoms with Crippen LogP contribution >= 0.6 is 11.6 Å². The molecule has 2 amide bonds. The lowest BCUT2D eigenvalue weighted by Gasteiger charge is -2.31.